The van der Waals surface area contributed by atoms with Crippen LogP contribution in [0.15, 0.2) is 21.6 Å². The fourth-order valence-electron chi connectivity index (χ4n) is 3.38. The summed E-state index contributed by atoms with van der Waals surface area (Å²) in [5.74, 6) is -2.24. The number of thioether (sulfide) groups is 2. The number of fused-ring (bicyclic) bond motifs is 1. The summed E-state index contributed by atoms with van der Waals surface area (Å²) in [5.41, 5.74) is 5.88. The fraction of sp³-hybridized carbons (Fsp3) is 0.412. The molecule has 2 amide bonds. The molecule has 0 radical (unpaired) electrons. The third kappa shape index (κ3) is 4.93. The maximum atomic E-state index is 13.0. The van der Waals surface area contributed by atoms with Crippen LogP contribution in [-0.4, -0.2) is 88.1 Å². The highest BCUT2D eigenvalue weighted by Gasteiger charge is 2.55. The number of nitrogens with zero attached hydrogens (tertiary/aromatic N) is 6. The maximum absolute atomic E-state index is 13.0. The van der Waals surface area contributed by atoms with Crippen molar-refractivity contribution in [2.24, 2.45) is 5.16 Å². The molecular weight excluding hydrogens is 542 g/mol. The third-order valence-electron chi connectivity index (χ3n) is 4.91. The number of oxime groups is 1. The van der Waals surface area contributed by atoms with Gasteiger partial charge >= 0.3 is 5.97 Å². The van der Waals surface area contributed by atoms with Crippen LogP contribution in [0.25, 0.3) is 0 Å². The SMILES string of the molecule is CCON=C(C(=O)NC1C(=O)N2C(C(=O)O)=C(C(C)Sc3nn[nH]n3)CS[C@@H]12)c1nc(N)sc1Cl. The number of hydrogen-bond donors (Lipinski definition) is 4. The standard InChI is InChI=1S/C17H18ClN9O5S3/c1-3-32-24-8(7-11(18)35-16(19)21-7)12(28)20-9-13(29)27-10(15(30)31)6(4-33-14(9)27)5(2)34-17-22-25-26-23-17/h5,9,14H,3-4H2,1-2H3,(H2,19,21)(H,20,28)(H,30,31)(H,22,23,25,26)/t5?,9?,14-/m0/s1. The summed E-state index contributed by atoms with van der Waals surface area (Å²) in [5, 5.41) is 29.4. The Labute approximate surface area is 215 Å². The Balaban J connectivity index is 1.54. The van der Waals surface area contributed by atoms with Gasteiger partial charge in [-0.3, -0.25) is 14.5 Å². The number of β-lactam (4-membered cyclic amide) rings is 1. The van der Waals surface area contributed by atoms with Crippen molar-refractivity contribution in [3.63, 3.8) is 0 Å². The molecule has 14 nitrogen and oxygen atoms in total. The van der Waals surface area contributed by atoms with Gasteiger partial charge in [0.25, 0.3) is 11.8 Å². The zero-order valence-electron chi connectivity index (χ0n) is 18.1. The molecule has 1 saturated heterocycles. The van der Waals surface area contributed by atoms with E-state index in [9.17, 15) is 19.5 Å². The van der Waals surface area contributed by atoms with E-state index in [1.807, 2.05) is 0 Å². The van der Waals surface area contributed by atoms with Gasteiger partial charge in [0.05, 0.1) is 0 Å². The first-order chi connectivity index (χ1) is 16.7. The van der Waals surface area contributed by atoms with E-state index in [0.29, 0.717) is 16.5 Å². The molecule has 2 aromatic heterocycles. The molecule has 2 aliphatic rings. The zero-order chi connectivity index (χ0) is 25.3. The van der Waals surface area contributed by atoms with Gasteiger partial charge in [-0.05, 0) is 24.6 Å². The Morgan fingerprint density at radius 2 is 2.29 bits per heavy atom. The Morgan fingerprint density at radius 1 is 1.51 bits per heavy atom. The lowest BCUT2D eigenvalue weighted by Crippen LogP contribution is -2.71. The van der Waals surface area contributed by atoms with Gasteiger partial charge in [-0.1, -0.05) is 39.9 Å². The minimum absolute atomic E-state index is 0.0285. The van der Waals surface area contributed by atoms with Crippen molar-refractivity contribution in [3.05, 3.63) is 21.3 Å². The first-order valence-corrected chi connectivity index (χ1v) is 13.1. The number of H-pyrrole nitrogens is 1. The Morgan fingerprint density at radius 3 is 2.89 bits per heavy atom. The number of carboxylic acid groups (broad SMARTS) is 1. The normalized spacial score (nSPS) is 20.8. The molecule has 0 bridgehead atoms. The molecule has 4 rings (SSSR count). The largest absolute Gasteiger partial charge is 0.477 e. The molecule has 1 fully saturated rings. The Kier molecular flexibility index (Phi) is 7.48. The highest BCUT2D eigenvalue weighted by molar-refractivity contribution is 8.01. The van der Waals surface area contributed by atoms with Crippen molar-refractivity contribution in [1.29, 1.82) is 0 Å². The monoisotopic (exact) mass is 559 g/mol. The van der Waals surface area contributed by atoms with Crippen molar-refractivity contribution in [2.45, 2.75) is 35.7 Å². The summed E-state index contributed by atoms with van der Waals surface area (Å²) in [6.45, 7) is 3.65. The van der Waals surface area contributed by atoms with Crippen LogP contribution in [0.4, 0.5) is 5.13 Å². The highest BCUT2D eigenvalue weighted by Crippen LogP contribution is 2.43. The number of tetrazole rings is 1. The second kappa shape index (κ2) is 10.4. The first-order valence-electron chi connectivity index (χ1n) is 9.97. The number of anilines is 1. The van der Waals surface area contributed by atoms with E-state index in [4.69, 9.17) is 22.2 Å². The van der Waals surface area contributed by atoms with Crippen molar-refractivity contribution in [2.75, 3.05) is 18.1 Å². The zero-order valence-corrected chi connectivity index (χ0v) is 21.3. The van der Waals surface area contributed by atoms with E-state index in [1.165, 1.54) is 28.4 Å². The number of hydrogen-bond acceptors (Lipinski definition) is 13. The molecule has 3 atom stereocenters. The quantitative estimate of drug-likeness (QED) is 0.144. The number of halogens is 1. The smallest absolute Gasteiger partial charge is 0.352 e. The van der Waals surface area contributed by atoms with Crippen LogP contribution in [-0.2, 0) is 19.2 Å². The molecule has 4 heterocycles. The van der Waals surface area contributed by atoms with Crippen molar-refractivity contribution in [1.82, 2.24) is 35.8 Å². The number of aromatic amines is 1. The van der Waals surface area contributed by atoms with Gasteiger partial charge in [-0.2, -0.15) is 5.21 Å². The van der Waals surface area contributed by atoms with Gasteiger partial charge in [0.1, 0.15) is 33.7 Å². The lowest BCUT2D eigenvalue weighted by atomic mass is 10.0. The molecule has 0 aliphatic carbocycles. The van der Waals surface area contributed by atoms with E-state index >= 15 is 0 Å². The second-order valence-electron chi connectivity index (χ2n) is 7.03. The van der Waals surface area contributed by atoms with Crippen LogP contribution in [0.2, 0.25) is 4.34 Å². The summed E-state index contributed by atoms with van der Waals surface area (Å²) >= 11 is 9.64. The van der Waals surface area contributed by atoms with Gasteiger partial charge in [-0.25, -0.2) is 9.78 Å². The number of aliphatic carboxylic acids is 1. The van der Waals surface area contributed by atoms with E-state index in [0.717, 1.165) is 11.3 Å². The third-order valence-corrected chi connectivity index (χ3v) is 8.32. The molecule has 186 valence electrons. The van der Waals surface area contributed by atoms with Crippen molar-refractivity contribution < 1.29 is 24.3 Å². The molecule has 2 aliphatic heterocycles. The van der Waals surface area contributed by atoms with Crippen LogP contribution in [0.3, 0.4) is 0 Å². The van der Waals surface area contributed by atoms with Crippen LogP contribution in [0, 0.1) is 0 Å². The fourth-order valence-corrected chi connectivity index (χ4v) is 6.72. The minimum atomic E-state index is -1.24. The number of carboxylic acids is 1. The molecule has 0 spiro atoms. The number of nitrogens with two attached hydrogens (primary N) is 1. The number of nitrogens with one attached hydrogen (secondary N) is 2. The lowest BCUT2D eigenvalue weighted by molar-refractivity contribution is -0.150. The molecule has 0 aromatic carbocycles. The van der Waals surface area contributed by atoms with E-state index < -0.39 is 29.2 Å². The van der Waals surface area contributed by atoms with Crippen LogP contribution in [0.1, 0.15) is 19.5 Å². The second-order valence-corrected chi connectivity index (χ2v) is 11.1. The summed E-state index contributed by atoms with van der Waals surface area (Å²) in [6, 6.07) is -0.981. The average Bonchev–Trinajstić information content (AvgIpc) is 3.45. The molecule has 2 aromatic rings. The number of rotatable bonds is 9. The van der Waals surface area contributed by atoms with E-state index in [1.54, 1.807) is 13.8 Å². The Bertz CT molecular complexity index is 1220. The molecule has 0 saturated carbocycles. The topological polar surface area (TPSA) is 202 Å². The summed E-state index contributed by atoms with van der Waals surface area (Å²) in [6.07, 6.45) is 0. The van der Waals surface area contributed by atoms with Crippen LogP contribution < -0.4 is 11.1 Å². The number of thiazole rings is 1. The average molecular weight is 560 g/mol. The number of carbonyl (C=O) groups excluding carboxylic acids is 2. The van der Waals surface area contributed by atoms with Gasteiger partial charge in [-0.15, -0.1) is 22.0 Å². The lowest BCUT2D eigenvalue weighted by Gasteiger charge is -2.49. The predicted molar refractivity (Wildman–Crippen MR) is 129 cm³/mol. The summed E-state index contributed by atoms with van der Waals surface area (Å²) < 4.78 is 0.138. The molecule has 5 N–H and O–H groups in total. The predicted octanol–water partition coefficient (Wildman–Crippen LogP) is 0.552. The van der Waals surface area contributed by atoms with Crippen molar-refractivity contribution >= 4 is 75.1 Å². The number of amides is 2. The summed E-state index contributed by atoms with van der Waals surface area (Å²) in [4.78, 5) is 48.3. The van der Waals surface area contributed by atoms with Gasteiger partial charge in [0.2, 0.25) is 5.16 Å². The van der Waals surface area contributed by atoms with Gasteiger partial charge < -0.3 is 21.0 Å². The van der Waals surface area contributed by atoms with Crippen LogP contribution in [0.5, 0.6) is 0 Å². The van der Waals surface area contributed by atoms with E-state index in [-0.39, 0.29) is 38.4 Å². The molecule has 18 heteroatoms. The Hall–Kier alpha value is -2.89. The molecular formula is C17H18ClN9O5S3. The maximum Gasteiger partial charge on any atom is 0.352 e. The number of carbonyl (C=O) groups is 3. The first kappa shape index (κ1) is 25.2. The van der Waals surface area contributed by atoms with Crippen molar-refractivity contribution in [3.8, 4) is 0 Å². The van der Waals surface area contributed by atoms with Gasteiger partial charge in [0.15, 0.2) is 10.8 Å². The van der Waals surface area contributed by atoms with Gasteiger partial charge in [0, 0.05) is 11.0 Å². The number of aromatic nitrogens is 5. The minimum Gasteiger partial charge on any atom is -0.477 e. The highest BCUT2D eigenvalue weighted by atomic mass is 35.5. The molecule has 2 unspecified atom stereocenters. The summed E-state index contributed by atoms with van der Waals surface area (Å²) in [7, 11) is 0. The molecule has 35 heavy (non-hydrogen) atoms. The van der Waals surface area contributed by atoms with Crippen LogP contribution >= 0.6 is 46.5 Å². The number of nitrogen functional groups attached to an aromatic ring is 1. The van der Waals surface area contributed by atoms with E-state index in [2.05, 4.69) is 36.1 Å².